The van der Waals surface area contributed by atoms with E-state index < -0.39 is 17.4 Å². The zero-order chi connectivity index (χ0) is 25.3. The first-order valence-electron chi connectivity index (χ1n) is 11.2. The van der Waals surface area contributed by atoms with Crippen LogP contribution in [0.1, 0.15) is 55.9 Å². The fourth-order valence-corrected chi connectivity index (χ4v) is 4.91. The second kappa shape index (κ2) is 10.0. The van der Waals surface area contributed by atoms with Crippen LogP contribution in [0.25, 0.3) is 4.96 Å². The van der Waals surface area contributed by atoms with Crippen molar-refractivity contribution in [3.05, 3.63) is 90.8 Å². The van der Waals surface area contributed by atoms with Gasteiger partial charge in [-0.15, -0.1) is 0 Å². The summed E-state index contributed by atoms with van der Waals surface area (Å²) in [5, 5.41) is 6.15. The lowest BCUT2D eigenvalue weighted by Crippen LogP contribution is -2.25. The van der Waals surface area contributed by atoms with Crippen molar-refractivity contribution in [2.75, 3.05) is 10.6 Å². The molecule has 0 fully saturated rings. The van der Waals surface area contributed by atoms with Crippen LogP contribution in [-0.4, -0.2) is 21.2 Å². The van der Waals surface area contributed by atoms with Crippen molar-refractivity contribution < 1.29 is 9.59 Å². The molecule has 7 nitrogen and oxygen atoms in total. The highest BCUT2D eigenvalue weighted by Crippen LogP contribution is 2.26. The van der Waals surface area contributed by atoms with E-state index in [9.17, 15) is 14.4 Å². The second-order valence-corrected chi connectivity index (χ2v) is 9.74. The van der Waals surface area contributed by atoms with E-state index in [1.807, 2.05) is 39.8 Å². The minimum Gasteiger partial charge on any atom is -0.321 e. The van der Waals surface area contributed by atoms with Crippen LogP contribution in [0.5, 0.6) is 0 Å². The highest BCUT2D eigenvalue weighted by Gasteiger charge is 2.27. The number of thiazole rings is 1. The maximum absolute atomic E-state index is 13.4. The Morgan fingerprint density at radius 2 is 1.80 bits per heavy atom. The Morgan fingerprint density at radius 1 is 1.03 bits per heavy atom. The lowest BCUT2D eigenvalue weighted by Gasteiger charge is -2.11. The SMILES string of the molecule is CCCc1cc(=O)n2c(C(=O)Nc3ccc(C)c(Cl)c3)c(C(=O)Nc3cccc(C)c3C)sc2n1. The molecule has 2 heterocycles. The van der Waals surface area contributed by atoms with E-state index in [4.69, 9.17) is 11.6 Å². The third kappa shape index (κ3) is 4.99. The van der Waals surface area contributed by atoms with Crippen LogP contribution >= 0.6 is 22.9 Å². The molecular weight excluding hydrogens is 484 g/mol. The molecule has 180 valence electrons. The molecule has 0 atom stereocenters. The molecule has 0 radical (unpaired) electrons. The van der Waals surface area contributed by atoms with Gasteiger partial charge in [-0.25, -0.2) is 9.38 Å². The number of fused-ring (bicyclic) bond motifs is 1. The maximum Gasteiger partial charge on any atom is 0.274 e. The third-order valence-electron chi connectivity index (χ3n) is 5.78. The van der Waals surface area contributed by atoms with Gasteiger partial charge in [-0.2, -0.15) is 0 Å². The number of carbonyl (C=O) groups is 2. The summed E-state index contributed by atoms with van der Waals surface area (Å²) in [4.78, 5) is 44.8. The second-order valence-electron chi connectivity index (χ2n) is 8.35. The summed E-state index contributed by atoms with van der Waals surface area (Å²) < 4.78 is 1.20. The summed E-state index contributed by atoms with van der Waals surface area (Å²) in [6.45, 7) is 7.71. The molecule has 0 saturated heterocycles. The number of amides is 2. The molecule has 2 aromatic heterocycles. The van der Waals surface area contributed by atoms with Crippen molar-refractivity contribution in [1.82, 2.24) is 9.38 Å². The quantitative estimate of drug-likeness (QED) is 0.344. The molecule has 0 saturated carbocycles. The molecule has 2 amide bonds. The summed E-state index contributed by atoms with van der Waals surface area (Å²) in [5.74, 6) is -1.09. The summed E-state index contributed by atoms with van der Waals surface area (Å²) >= 11 is 7.22. The van der Waals surface area contributed by atoms with Gasteiger partial charge >= 0.3 is 0 Å². The van der Waals surface area contributed by atoms with Crippen molar-refractivity contribution in [3.63, 3.8) is 0 Å². The molecule has 2 N–H and O–H groups in total. The van der Waals surface area contributed by atoms with Crippen LogP contribution in [0, 0.1) is 20.8 Å². The van der Waals surface area contributed by atoms with Gasteiger partial charge in [0, 0.05) is 28.2 Å². The number of carbonyl (C=O) groups excluding carboxylic acids is 2. The Kier molecular flexibility index (Phi) is 7.05. The smallest absolute Gasteiger partial charge is 0.274 e. The Labute approximate surface area is 211 Å². The number of halogens is 1. The number of benzene rings is 2. The summed E-state index contributed by atoms with van der Waals surface area (Å²) in [6, 6.07) is 12.1. The predicted octanol–water partition coefficient (Wildman–Crippen LogP) is 5.79. The van der Waals surface area contributed by atoms with Gasteiger partial charge < -0.3 is 10.6 Å². The van der Waals surface area contributed by atoms with Gasteiger partial charge in [0.05, 0.1) is 0 Å². The molecule has 4 aromatic rings. The van der Waals surface area contributed by atoms with Crippen molar-refractivity contribution in [1.29, 1.82) is 0 Å². The number of aromatic nitrogens is 2. The largest absolute Gasteiger partial charge is 0.321 e. The Bertz CT molecular complexity index is 1520. The fraction of sp³-hybridized carbons (Fsp3) is 0.231. The lowest BCUT2D eigenvalue weighted by molar-refractivity contribution is 0.0989. The Hall–Kier alpha value is -3.49. The summed E-state index contributed by atoms with van der Waals surface area (Å²) in [6.07, 6.45) is 1.44. The lowest BCUT2D eigenvalue weighted by atomic mass is 10.1. The van der Waals surface area contributed by atoms with E-state index in [-0.39, 0.29) is 10.6 Å². The van der Waals surface area contributed by atoms with Crippen LogP contribution in [0.2, 0.25) is 5.02 Å². The zero-order valence-corrected chi connectivity index (χ0v) is 21.4. The van der Waals surface area contributed by atoms with Crippen molar-refractivity contribution >= 4 is 51.1 Å². The van der Waals surface area contributed by atoms with Crippen LogP contribution in [0.15, 0.2) is 47.3 Å². The first-order valence-corrected chi connectivity index (χ1v) is 12.4. The van der Waals surface area contributed by atoms with E-state index in [1.54, 1.807) is 24.3 Å². The van der Waals surface area contributed by atoms with E-state index in [1.165, 1.54) is 10.5 Å². The van der Waals surface area contributed by atoms with Crippen molar-refractivity contribution in [2.24, 2.45) is 0 Å². The molecule has 0 aliphatic rings. The predicted molar refractivity (Wildman–Crippen MR) is 141 cm³/mol. The standard InChI is InChI=1S/C26H25ClN4O3S/c1-5-7-17-13-21(32)31-22(24(33)28-18-11-10-15(3)19(27)12-18)23(35-26(31)29-17)25(34)30-20-9-6-8-14(2)16(20)4/h6,8-13H,5,7H2,1-4H3,(H,28,33)(H,30,34). The van der Waals surface area contributed by atoms with Gasteiger partial charge in [-0.1, -0.05) is 54.5 Å². The molecule has 2 aromatic carbocycles. The first-order chi connectivity index (χ1) is 16.7. The highest BCUT2D eigenvalue weighted by atomic mass is 35.5. The van der Waals surface area contributed by atoms with E-state index in [0.717, 1.165) is 34.4 Å². The normalized spacial score (nSPS) is 11.0. The number of anilines is 2. The van der Waals surface area contributed by atoms with E-state index in [0.29, 0.717) is 33.5 Å². The van der Waals surface area contributed by atoms with Gasteiger partial charge in [0.15, 0.2) is 4.96 Å². The van der Waals surface area contributed by atoms with Gasteiger partial charge in [0.1, 0.15) is 10.6 Å². The summed E-state index contributed by atoms with van der Waals surface area (Å²) in [5.41, 5.74) is 4.04. The molecule has 4 rings (SSSR count). The molecule has 35 heavy (non-hydrogen) atoms. The number of hydrogen-bond acceptors (Lipinski definition) is 5. The first kappa shape index (κ1) is 24.6. The Balaban J connectivity index is 1.82. The molecular formula is C26H25ClN4O3S. The van der Waals surface area contributed by atoms with Gasteiger partial charge in [0.25, 0.3) is 17.4 Å². The molecule has 0 aliphatic carbocycles. The van der Waals surface area contributed by atoms with Crippen LogP contribution in [0.3, 0.4) is 0 Å². The number of hydrogen-bond donors (Lipinski definition) is 2. The van der Waals surface area contributed by atoms with Crippen LogP contribution in [0.4, 0.5) is 11.4 Å². The van der Waals surface area contributed by atoms with E-state index >= 15 is 0 Å². The highest BCUT2D eigenvalue weighted by molar-refractivity contribution is 7.19. The maximum atomic E-state index is 13.4. The number of nitrogens with zero attached hydrogens (tertiary/aromatic N) is 2. The van der Waals surface area contributed by atoms with Crippen molar-refractivity contribution in [2.45, 2.75) is 40.5 Å². The molecule has 9 heteroatoms. The minimum absolute atomic E-state index is 0.0648. The van der Waals surface area contributed by atoms with Crippen molar-refractivity contribution in [3.8, 4) is 0 Å². The topological polar surface area (TPSA) is 92.6 Å². The molecule has 0 unspecified atom stereocenters. The van der Waals surface area contributed by atoms with Crippen LogP contribution in [-0.2, 0) is 6.42 Å². The zero-order valence-electron chi connectivity index (χ0n) is 19.9. The monoisotopic (exact) mass is 508 g/mol. The fourth-order valence-electron chi connectivity index (χ4n) is 3.69. The third-order valence-corrected chi connectivity index (χ3v) is 7.23. The molecule has 0 aliphatic heterocycles. The number of nitrogens with one attached hydrogen (secondary N) is 2. The Morgan fingerprint density at radius 3 is 2.51 bits per heavy atom. The average Bonchev–Trinajstić information content (AvgIpc) is 3.20. The average molecular weight is 509 g/mol. The van der Waals surface area contributed by atoms with E-state index in [2.05, 4.69) is 15.6 Å². The van der Waals surface area contributed by atoms with Gasteiger partial charge in [-0.3, -0.25) is 14.4 Å². The summed E-state index contributed by atoms with van der Waals surface area (Å²) in [7, 11) is 0. The molecule has 0 bridgehead atoms. The number of aryl methyl sites for hydroxylation is 3. The van der Waals surface area contributed by atoms with Crippen LogP contribution < -0.4 is 16.2 Å². The van der Waals surface area contributed by atoms with Gasteiger partial charge in [0.2, 0.25) is 0 Å². The van der Waals surface area contributed by atoms with Gasteiger partial charge in [-0.05, 0) is 62.1 Å². The number of rotatable bonds is 6. The minimum atomic E-state index is -0.602. The molecule has 0 spiro atoms.